The Labute approximate surface area is 183 Å². The average Bonchev–Trinajstić information content (AvgIpc) is 3.38. The van der Waals surface area contributed by atoms with Crippen molar-refractivity contribution in [2.45, 2.75) is 52.0 Å². The van der Waals surface area contributed by atoms with Crippen LogP contribution in [0.25, 0.3) is 0 Å². The van der Waals surface area contributed by atoms with Crippen molar-refractivity contribution in [3.05, 3.63) is 59.2 Å². The number of hydrogen-bond donors (Lipinski definition) is 2. The minimum Gasteiger partial charge on any atom is -0.352 e. The maximum atomic E-state index is 12.7. The molecular weight excluding hydrogens is 390 g/mol. The molecule has 2 aliphatic rings. The molecule has 0 spiro atoms. The van der Waals surface area contributed by atoms with E-state index in [0.29, 0.717) is 19.5 Å². The lowest BCUT2D eigenvalue weighted by Gasteiger charge is -2.18. The molecule has 2 aromatic rings. The van der Waals surface area contributed by atoms with Gasteiger partial charge in [0, 0.05) is 37.3 Å². The van der Waals surface area contributed by atoms with Gasteiger partial charge in [-0.15, -0.1) is 0 Å². The number of anilines is 2. The number of aryl methyl sites for hydroxylation is 2. The zero-order valence-corrected chi connectivity index (χ0v) is 17.9. The van der Waals surface area contributed by atoms with E-state index in [0.717, 1.165) is 36.2 Å². The number of nitrogens with zero attached hydrogens (tertiary/aromatic N) is 1. The summed E-state index contributed by atoms with van der Waals surface area (Å²) in [5.74, 6) is -0.482. The molecule has 4 rings (SSSR count). The number of hydrogen-bond acceptors (Lipinski definition) is 3. The fourth-order valence-electron chi connectivity index (χ4n) is 4.40. The summed E-state index contributed by atoms with van der Waals surface area (Å²) in [4.78, 5) is 38.8. The molecule has 2 aromatic carbocycles. The Hall–Kier alpha value is -3.15. The van der Waals surface area contributed by atoms with Crippen LogP contribution in [0.2, 0.25) is 0 Å². The van der Waals surface area contributed by atoms with Gasteiger partial charge >= 0.3 is 0 Å². The second-order valence-electron chi connectivity index (χ2n) is 8.43. The van der Waals surface area contributed by atoms with Crippen LogP contribution in [-0.4, -0.2) is 24.3 Å². The van der Waals surface area contributed by atoms with E-state index in [1.54, 1.807) is 4.90 Å². The van der Waals surface area contributed by atoms with Crippen molar-refractivity contribution in [3.8, 4) is 0 Å². The van der Waals surface area contributed by atoms with Crippen molar-refractivity contribution < 1.29 is 14.4 Å². The van der Waals surface area contributed by atoms with Crippen LogP contribution in [0.4, 0.5) is 11.4 Å². The lowest BCUT2D eigenvalue weighted by atomic mass is 10.1. The molecule has 0 bridgehead atoms. The highest BCUT2D eigenvalue weighted by atomic mass is 16.2. The van der Waals surface area contributed by atoms with Gasteiger partial charge in [-0.2, -0.15) is 0 Å². The third-order valence-corrected chi connectivity index (χ3v) is 6.04. The topological polar surface area (TPSA) is 78.5 Å². The van der Waals surface area contributed by atoms with Crippen LogP contribution in [0.3, 0.4) is 0 Å². The number of rotatable bonds is 7. The number of carbonyl (C=O) groups is 3. The van der Waals surface area contributed by atoms with Crippen molar-refractivity contribution in [2.75, 3.05) is 16.8 Å². The summed E-state index contributed by atoms with van der Waals surface area (Å²) >= 11 is 0. The smallest absolute Gasteiger partial charge is 0.227 e. The van der Waals surface area contributed by atoms with E-state index < -0.39 is 0 Å². The van der Waals surface area contributed by atoms with E-state index in [-0.39, 0.29) is 30.1 Å². The molecule has 1 heterocycles. The van der Waals surface area contributed by atoms with Gasteiger partial charge in [0.2, 0.25) is 17.7 Å². The molecule has 3 amide bonds. The van der Waals surface area contributed by atoms with E-state index in [1.807, 2.05) is 37.3 Å². The molecule has 1 unspecified atom stereocenters. The van der Waals surface area contributed by atoms with Gasteiger partial charge in [0.1, 0.15) is 0 Å². The summed E-state index contributed by atoms with van der Waals surface area (Å²) in [6.45, 7) is 2.74. The van der Waals surface area contributed by atoms with Gasteiger partial charge in [-0.05, 0) is 66.6 Å². The van der Waals surface area contributed by atoms with E-state index in [9.17, 15) is 14.4 Å². The van der Waals surface area contributed by atoms with Gasteiger partial charge in [0.15, 0.2) is 0 Å². The second-order valence-corrected chi connectivity index (χ2v) is 8.43. The second kappa shape index (κ2) is 9.33. The first kappa shape index (κ1) is 21.1. The summed E-state index contributed by atoms with van der Waals surface area (Å²) in [5, 5.41) is 5.82. The third kappa shape index (κ3) is 4.95. The predicted molar refractivity (Wildman–Crippen MR) is 121 cm³/mol. The van der Waals surface area contributed by atoms with Crippen molar-refractivity contribution >= 4 is 29.1 Å². The first-order valence-electron chi connectivity index (χ1n) is 11.1. The summed E-state index contributed by atoms with van der Waals surface area (Å²) < 4.78 is 0. The van der Waals surface area contributed by atoms with E-state index in [4.69, 9.17) is 0 Å². The lowest BCUT2D eigenvalue weighted by Crippen LogP contribution is -2.32. The van der Waals surface area contributed by atoms with Gasteiger partial charge in [0.25, 0.3) is 0 Å². The molecule has 2 N–H and O–H groups in total. The number of fused-ring (bicyclic) bond motifs is 1. The molecule has 1 aliphatic heterocycles. The number of carbonyl (C=O) groups excluding carboxylic acids is 3. The van der Waals surface area contributed by atoms with Gasteiger partial charge in [-0.1, -0.05) is 25.1 Å². The third-order valence-electron chi connectivity index (χ3n) is 6.04. The molecule has 162 valence electrons. The Kier molecular flexibility index (Phi) is 6.35. The quantitative estimate of drug-likeness (QED) is 0.720. The Balaban J connectivity index is 1.33. The molecule has 1 aliphatic carbocycles. The Morgan fingerprint density at radius 2 is 1.94 bits per heavy atom. The first-order chi connectivity index (χ1) is 15.0. The minimum absolute atomic E-state index is 0.00118. The molecule has 1 fully saturated rings. The zero-order valence-electron chi connectivity index (χ0n) is 17.9. The van der Waals surface area contributed by atoms with E-state index in [2.05, 4.69) is 22.8 Å². The van der Waals surface area contributed by atoms with Crippen molar-refractivity contribution in [3.63, 3.8) is 0 Å². The molecular formula is C25H29N3O3. The van der Waals surface area contributed by atoms with Gasteiger partial charge in [-0.3, -0.25) is 14.4 Å². The summed E-state index contributed by atoms with van der Waals surface area (Å²) in [6.07, 6.45) is 4.85. The molecule has 0 saturated carbocycles. The highest BCUT2D eigenvalue weighted by molar-refractivity contribution is 6.00. The molecule has 6 heteroatoms. The normalized spacial score (nSPS) is 17.5. The Morgan fingerprint density at radius 3 is 2.77 bits per heavy atom. The van der Waals surface area contributed by atoms with Gasteiger partial charge in [-0.25, -0.2) is 0 Å². The fraction of sp³-hybridized carbons (Fsp3) is 0.400. The largest absolute Gasteiger partial charge is 0.352 e. The SMILES string of the molecule is CCCC(=O)Nc1cccc(CNC(=O)C2CC(=O)N(c3ccc4c(c3)CCC4)C2)c1. The first-order valence-corrected chi connectivity index (χ1v) is 11.1. The lowest BCUT2D eigenvalue weighted by molar-refractivity contribution is -0.126. The maximum Gasteiger partial charge on any atom is 0.227 e. The highest BCUT2D eigenvalue weighted by Gasteiger charge is 2.35. The number of amides is 3. The van der Waals surface area contributed by atoms with Crippen molar-refractivity contribution in [1.29, 1.82) is 0 Å². The molecule has 1 atom stereocenters. The van der Waals surface area contributed by atoms with Crippen molar-refractivity contribution in [2.24, 2.45) is 5.92 Å². The van der Waals surface area contributed by atoms with Crippen LogP contribution in [0.5, 0.6) is 0 Å². The minimum atomic E-state index is -0.354. The highest BCUT2D eigenvalue weighted by Crippen LogP contribution is 2.30. The standard InChI is InChI=1S/C25H29N3O3/c1-2-5-23(29)27-21-9-3-6-17(12-21)15-26-25(31)20-14-24(30)28(16-20)22-11-10-18-7-4-8-19(18)13-22/h3,6,9-13,20H,2,4-5,7-8,14-16H2,1H3,(H,26,31)(H,27,29). The maximum absolute atomic E-state index is 12.7. The van der Waals surface area contributed by atoms with Gasteiger partial charge < -0.3 is 15.5 Å². The van der Waals surface area contributed by atoms with Crippen LogP contribution >= 0.6 is 0 Å². The zero-order chi connectivity index (χ0) is 21.8. The molecule has 6 nitrogen and oxygen atoms in total. The number of benzene rings is 2. The average molecular weight is 420 g/mol. The molecule has 0 radical (unpaired) electrons. The molecule has 0 aromatic heterocycles. The van der Waals surface area contributed by atoms with Crippen molar-refractivity contribution in [1.82, 2.24) is 5.32 Å². The monoisotopic (exact) mass is 419 g/mol. The number of nitrogens with one attached hydrogen (secondary N) is 2. The van der Waals surface area contributed by atoms with E-state index >= 15 is 0 Å². The molecule has 31 heavy (non-hydrogen) atoms. The predicted octanol–water partition coefficient (Wildman–Crippen LogP) is 3.58. The fourth-order valence-corrected chi connectivity index (χ4v) is 4.40. The summed E-state index contributed by atoms with van der Waals surface area (Å²) in [6, 6.07) is 13.7. The summed E-state index contributed by atoms with van der Waals surface area (Å²) in [7, 11) is 0. The molecule has 1 saturated heterocycles. The Morgan fingerprint density at radius 1 is 1.10 bits per heavy atom. The van der Waals surface area contributed by atoms with Crippen LogP contribution in [-0.2, 0) is 33.8 Å². The van der Waals surface area contributed by atoms with Crippen LogP contribution in [0.1, 0.15) is 49.3 Å². The Bertz CT molecular complexity index is 1000. The van der Waals surface area contributed by atoms with Crippen LogP contribution in [0, 0.1) is 5.92 Å². The summed E-state index contributed by atoms with van der Waals surface area (Å²) in [5.41, 5.74) is 5.23. The van der Waals surface area contributed by atoms with Crippen LogP contribution < -0.4 is 15.5 Å². The van der Waals surface area contributed by atoms with E-state index in [1.165, 1.54) is 17.5 Å². The van der Waals surface area contributed by atoms with Crippen LogP contribution in [0.15, 0.2) is 42.5 Å². The van der Waals surface area contributed by atoms with Gasteiger partial charge in [0.05, 0.1) is 5.92 Å².